The Labute approximate surface area is 145 Å². The topological polar surface area (TPSA) is 17.1 Å². The van der Waals surface area contributed by atoms with Crippen LogP contribution in [0.5, 0.6) is 0 Å². The van der Waals surface area contributed by atoms with Crippen molar-refractivity contribution in [3.8, 4) is 0 Å². The average Bonchev–Trinajstić information content (AvgIpc) is 2.55. The molecule has 0 spiro atoms. The predicted octanol–water partition coefficient (Wildman–Crippen LogP) is 6.30. The summed E-state index contributed by atoms with van der Waals surface area (Å²) in [5, 5.41) is 0. The Morgan fingerprint density at radius 2 is 1.32 bits per heavy atom. The van der Waals surface area contributed by atoms with E-state index < -0.39 is 19.8 Å². The molecule has 2 heteroatoms. The van der Waals surface area contributed by atoms with Crippen LogP contribution in [0.25, 0.3) is 0 Å². The molecule has 0 atom stereocenters. The third-order valence-electron chi connectivity index (χ3n) is 4.02. The summed E-state index contributed by atoms with van der Waals surface area (Å²) < 4.78 is 5.08. The third-order valence-corrected chi connectivity index (χ3v) is 14.5. The molecule has 0 aliphatic heterocycles. The molecule has 0 heterocycles. The number of benzene rings is 1. The first kappa shape index (κ1) is 21.7. The van der Waals surface area contributed by atoms with Gasteiger partial charge in [-0.3, -0.25) is 4.79 Å². The molecule has 22 heavy (non-hydrogen) atoms. The van der Waals surface area contributed by atoms with Crippen molar-refractivity contribution in [2.45, 2.75) is 79.5 Å². The van der Waals surface area contributed by atoms with Crippen molar-refractivity contribution >= 4 is 25.5 Å². The number of rotatable bonds is 10. The molecular weight excluding hydrogens is 375 g/mol. The second-order valence-corrected chi connectivity index (χ2v) is 16.0. The van der Waals surface area contributed by atoms with E-state index in [4.69, 9.17) is 0 Å². The monoisotopic (exact) mass is 411 g/mol. The van der Waals surface area contributed by atoms with Gasteiger partial charge in [-0.25, -0.2) is 0 Å². The van der Waals surface area contributed by atoms with Crippen LogP contribution in [0.2, 0.25) is 13.3 Å². The molecule has 1 aromatic carbocycles. The zero-order valence-corrected chi connectivity index (χ0v) is 18.5. The van der Waals surface area contributed by atoms with Crippen LogP contribution in [0.1, 0.15) is 76.6 Å². The summed E-state index contributed by atoms with van der Waals surface area (Å²) in [5.74, 6) is 0.101. The van der Waals surface area contributed by atoms with Crippen LogP contribution in [0.3, 0.4) is 0 Å². The first-order chi connectivity index (χ1) is 10.7. The Morgan fingerprint density at radius 3 is 1.59 bits per heavy atom. The summed E-state index contributed by atoms with van der Waals surface area (Å²) in [6.45, 7) is 8.56. The first-order valence-corrected chi connectivity index (χ1v) is 16.1. The molecule has 0 aromatic heterocycles. The summed E-state index contributed by atoms with van der Waals surface area (Å²) in [5.41, 5.74) is 0.744. The first-order valence-electron chi connectivity index (χ1n) is 9.12. The predicted molar refractivity (Wildman–Crippen MR) is 102 cm³/mol. The Morgan fingerprint density at radius 1 is 0.909 bits per heavy atom. The van der Waals surface area contributed by atoms with Gasteiger partial charge in [0, 0.05) is 5.56 Å². The van der Waals surface area contributed by atoms with Gasteiger partial charge in [0.2, 0.25) is 0 Å². The van der Waals surface area contributed by atoms with Crippen molar-refractivity contribution in [3.63, 3.8) is 0 Å². The SMILES string of the molecule is CC(=O)c1cc[c]cc1.CCC[CH2][SnH]([CH2]CCC)[CH2]CCC. The van der Waals surface area contributed by atoms with E-state index in [1.165, 1.54) is 38.5 Å². The fourth-order valence-electron chi connectivity index (χ4n) is 2.53. The van der Waals surface area contributed by atoms with Gasteiger partial charge in [-0.15, -0.1) is 0 Å². The number of carbonyl (C=O) groups is 1. The number of unbranched alkanes of at least 4 members (excludes halogenated alkanes) is 3. The van der Waals surface area contributed by atoms with Gasteiger partial charge in [0.05, 0.1) is 0 Å². The molecule has 0 saturated carbocycles. The summed E-state index contributed by atoms with van der Waals surface area (Å²) in [6.07, 6.45) is 8.87. The minimum atomic E-state index is -0.967. The Kier molecular flexibility index (Phi) is 15.4. The van der Waals surface area contributed by atoms with E-state index in [1.807, 2.05) is 0 Å². The van der Waals surface area contributed by atoms with Gasteiger partial charge in [-0.05, 0) is 13.0 Å². The fourth-order valence-corrected chi connectivity index (χ4v) is 13.4. The van der Waals surface area contributed by atoms with E-state index in [2.05, 4.69) is 26.8 Å². The molecule has 1 aromatic rings. The molecule has 0 aliphatic carbocycles. The van der Waals surface area contributed by atoms with Gasteiger partial charge in [0.1, 0.15) is 0 Å². The van der Waals surface area contributed by atoms with Crippen molar-refractivity contribution in [3.05, 3.63) is 35.9 Å². The summed E-state index contributed by atoms with van der Waals surface area (Å²) in [7, 11) is 0. The number of carbonyl (C=O) groups excluding carboxylic acids is 1. The summed E-state index contributed by atoms with van der Waals surface area (Å²) in [6, 6.07) is 9.81. The quantitative estimate of drug-likeness (QED) is 0.327. The number of Topliss-reactive ketones (excluding diaryl/α,β-unsaturated/α-hetero) is 1. The molecule has 0 aliphatic rings. The molecule has 0 bridgehead atoms. The normalized spacial score (nSPS) is 10.2. The van der Waals surface area contributed by atoms with E-state index in [0.29, 0.717) is 0 Å². The van der Waals surface area contributed by atoms with Gasteiger partial charge < -0.3 is 0 Å². The van der Waals surface area contributed by atoms with E-state index in [9.17, 15) is 4.79 Å². The van der Waals surface area contributed by atoms with E-state index in [-0.39, 0.29) is 5.78 Å². The molecule has 0 unspecified atom stereocenters. The van der Waals surface area contributed by atoms with Gasteiger partial charge >= 0.3 is 92.4 Å². The molecule has 0 saturated heterocycles. The number of ketones is 1. The Bertz CT molecular complexity index is 342. The second-order valence-electron chi connectivity index (χ2n) is 6.14. The average molecular weight is 410 g/mol. The zero-order chi connectivity index (χ0) is 16.6. The summed E-state index contributed by atoms with van der Waals surface area (Å²) in [4.78, 5) is 10.6. The molecule has 0 fully saturated rings. The van der Waals surface area contributed by atoms with E-state index in [0.717, 1.165) is 5.56 Å². The standard InChI is InChI=1S/C8H7O.3C4H9.Sn.H/c1-7(9)8-5-3-2-4-6-8;3*1-3-4-2;;/h3-6H,1H3;3*1,3-4H2,2H3;;. The van der Waals surface area contributed by atoms with Gasteiger partial charge in [0.25, 0.3) is 0 Å². The maximum atomic E-state index is 10.6. The Hall–Kier alpha value is -0.311. The van der Waals surface area contributed by atoms with Crippen molar-refractivity contribution in [2.75, 3.05) is 0 Å². The fraction of sp³-hybridized carbons (Fsp3) is 0.650. The van der Waals surface area contributed by atoms with Crippen molar-refractivity contribution in [1.29, 1.82) is 0 Å². The van der Waals surface area contributed by atoms with E-state index >= 15 is 0 Å². The van der Waals surface area contributed by atoms with Crippen LogP contribution < -0.4 is 0 Å². The Balaban J connectivity index is 0.000000425. The molecule has 1 radical (unpaired) electrons. The molecule has 0 N–H and O–H groups in total. The van der Waals surface area contributed by atoms with Gasteiger partial charge in [-0.2, -0.15) is 0 Å². The van der Waals surface area contributed by atoms with Crippen LogP contribution in [-0.4, -0.2) is 25.5 Å². The van der Waals surface area contributed by atoms with Crippen LogP contribution in [0, 0.1) is 6.07 Å². The van der Waals surface area contributed by atoms with Gasteiger partial charge in [-0.1, -0.05) is 24.3 Å². The van der Waals surface area contributed by atoms with Crippen molar-refractivity contribution in [2.24, 2.45) is 0 Å². The van der Waals surface area contributed by atoms with Crippen LogP contribution in [-0.2, 0) is 0 Å². The molecule has 1 rings (SSSR count). The molecule has 125 valence electrons. The number of hydrogen-bond acceptors (Lipinski definition) is 1. The van der Waals surface area contributed by atoms with Gasteiger partial charge in [0.15, 0.2) is 5.78 Å². The zero-order valence-electron chi connectivity index (χ0n) is 15.2. The second kappa shape index (κ2) is 15.6. The van der Waals surface area contributed by atoms with E-state index in [1.54, 1.807) is 44.5 Å². The maximum absolute atomic E-state index is 10.6. The van der Waals surface area contributed by atoms with Crippen LogP contribution in [0.15, 0.2) is 24.3 Å². The molecular formula is C20H35OSn. The van der Waals surface area contributed by atoms with Crippen LogP contribution >= 0.6 is 0 Å². The number of hydrogen-bond donors (Lipinski definition) is 0. The molecule has 0 amide bonds. The third kappa shape index (κ3) is 12.3. The minimum absolute atomic E-state index is 0.101. The van der Waals surface area contributed by atoms with Crippen molar-refractivity contribution < 1.29 is 4.79 Å². The van der Waals surface area contributed by atoms with Crippen molar-refractivity contribution in [1.82, 2.24) is 0 Å². The molecule has 1 nitrogen and oxygen atoms in total. The van der Waals surface area contributed by atoms with Crippen LogP contribution in [0.4, 0.5) is 0 Å². The summed E-state index contributed by atoms with van der Waals surface area (Å²) >= 11 is -0.967.